The normalized spacial score (nSPS) is 6.94. The number of hydrogen-bond acceptors (Lipinski definition) is 3. The molecule has 0 aliphatic rings. The van der Waals surface area contributed by atoms with Crippen molar-refractivity contribution in [2.75, 3.05) is 20.0 Å². The van der Waals surface area contributed by atoms with Gasteiger partial charge in [-0.15, -0.1) is 0 Å². The summed E-state index contributed by atoms with van der Waals surface area (Å²) in [5.74, 6) is -4.24. The van der Waals surface area contributed by atoms with Crippen molar-refractivity contribution in [3.8, 4) is 0 Å². The van der Waals surface area contributed by atoms with Gasteiger partial charge in [0.1, 0.15) is 0 Å². The Bertz CT molecular complexity index is 167. The maximum atomic E-state index is 10.5. The molecule has 0 aromatic heterocycles. The zero-order valence-electron chi connectivity index (χ0n) is 7.82. The van der Waals surface area contributed by atoms with Crippen molar-refractivity contribution in [3.63, 3.8) is 0 Å². The molecule has 0 bridgehead atoms. The van der Waals surface area contributed by atoms with Crippen LogP contribution in [0.5, 0.6) is 0 Å². The van der Waals surface area contributed by atoms with E-state index in [0.29, 0.717) is 0 Å². The summed E-state index contributed by atoms with van der Waals surface area (Å²) in [4.78, 5) is 27.0. The second-order valence-corrected chi connectivity index (χ2v) is 1.58. The van der Waals surface area contributed by atoms with Crippen molar-refractivity contribution in [1.29, 1.82) is 0 Å². The van der Waals surface area contributed by atoms with E-state index in [0.717, 1.165) is 0 Å². The number of rotatable bonds is 3. The van der Waals surface area contributed by atoms with Gasteiger partial charge in [-0.2, -0.15) is 0 Å². The molecule has 0 atom stereocenters. The summed E-state index contributed by atoms with van der Waals surface area (Å²) in [6.45, 7) is -3.83. The van der Waals surface area contributed by atoms with Gasteiger partial charge in [0.05, 0.1) is 0 Å². The molecule has 0 saturated heterocycles. The Labute approximate surface area is 122 Å². The molecule has 16 heavy (non-hydrogen) atoms. The monoisotopic (exact) mass is 374 g/mol. The Hall–Kier alpha value is -0.423. The minimum Gasteiger partial charge on any atom is -0.479 e. The van der Waals surface area contributed by atoms with Crippen LogP contribution in [0.1, 0.15) is 0 Å². The van der Waals surface area contributed by atoms with Crippen LogP contribution in [0.4, 0.5) is 13.2 Å². The number of halogens is 3. The van der Waals surface area contributed by atoms with Gasteiger partial charge < -0.3 is 15.3 Å². The van der Waals surface area contributed by atoms with Gasteiger partial charge in [0.2, 0.25) is 0 Å². The second-order valence-electron chi connectivity index (χ2n) is 1.58. The molecule has 0 radical (unpaired) electrons. The Morgan fingerprint density at radius 3 is 0.750 bits per heavy atom. The first kappa shape index (κ1) is 24.7. The van der Waals surface area contributed by atoms with Crippen molar-refractivity contribution in [3.05, 3.63) is 0 Å². The number of aliphatic carboxylic acids is 3. The van der Waals surface area contributed by atoms with Crippen LogP contribution >= 0.6 is 0 Å². The summed E-state index contributed by atoms with van der Waals surface area (Å²) in [6, 6.07) is 0. The summed E-state index contributed by atoms with van der Waals surface area (Å²) in [7, 11) is 0. The van der Waals surface area contributed by atoms with Gasteiger partial charge in [-0.3, -0.25) is 0 Å². The predicted molar refractivity (Wildman–Crippen MR) is 40.8 cm³/mol. The fraction of sp³-hybridized carbons (Fsp3) is 0.500. The Morgan fingerprint density at radius 2 is 0.750 bits per heavy atom. The van der Waals surface area contributed by atoms with E-state index in [9.17, 15) is 13.2 Å². The number of carboxylic acids is 3. The third-order valence-electron chi connectivity index (χ3n) is 0.343. The first-order valence-electron chi connectivity index (χ1n) is 3.15. The van der Waals surface area contributed by atoms with Crippen LogP contribution < -0.4 is 0 Å². The summed E-state index contributed by atoms with van der Waals surface area (Å²) < 4.78 is 31.5. The maximum Gasteiger partial charge on any atom is 0.335 e. The Kier molecular flexibility index (Phi) is 30.9. The molecule has 0 aliphatic heterocycles. The molecular formula is C6H9CeF3O6. The van der Waals surface area contributed by atoms with E-state index in [4.69, 9.17) is 29.7 Å². The summed E-state index contributed by atoms with van der Waals surface area (Å²) in [6.07, 6.45) is 0. The molecule has 0 aromatic carbocycles. The van der Waals surface area contributed by atoms with Crippen molar-refractivity contribution < 1.29 is 84.6 Å². The number of alkyl halides is 3. The van der Waals surface area contributed by atoms with Crippen LogP contribution in [-0.4, -0.2) is 53.3 Å². The molecule has 0 fully saturated rings. The van der Waals surface area contributed by atoms with Gasteiger partial charge in [-0.1, -0.05) is 0 Å². The molecule has 0 unspecified atom stereocenters. The van der Waals surface area contributed by atoms with Crippen molar-refractivity contribution in [1.82, 2.24) is 0 Å². The largest absolute Gasteiger partial charge is 0.479 e. The zero-order valence-corrected chi connectivity index (χ0v) is 11.0. The van der Waals surface area contributed by atoms with Gasteiger partial charge in [0.15, 0.2) is 20.0 Å². The smallest absolute Gasteiger partial charge is 0.335 e. The van der Waals surface area contributed by atoms with E-state index in [-0.39, 0.29) is 41.7 Å². The molecule has 0 amide bonds. The van der Waals surface area contributed by atoms with Gasteiger partial charge in [-0.05, 0) is 0 Å². The molecule has 10 heteroatoms. The van der Waals surface area contributed by atoms with E-state index in [2.05, 4.69) is 0 Å². The SMILES string of the molecule is O=C(O)CF.O=C(O)CF.O=C(O)CF.[Ce]. The molecule has 0 saturated carbocycles. The first-order valence-corrected chi connectivity index (χ1v) is 3.15. The third kappa shape index (κ3) is 69.1. The van der Waals surface area contributed by atoms with Crippen molar-refractivity contribution in [2.45, 2.75) is 0 Å². The standard InChI is InChI=1S/3C2H3FO2.Ce/c3*3-1-2(4)5;/h3*1H2,(H,4,5);. The van der Waals surface area contributed by atoms with Crippen LogP contribution in [0.3, 0.4) is 0 Å². The van der Waals surface area contributed by atoms with E-state index in [1.54, 1.807) is 0 Å². The van der Waals surface area contributed by atoms with Gasteiger partial charge in [0.25, 0.3) is 0 Å². The van der Waals surface area contributed by atoms with Crippen LogP contribution in [-0.2, 0) is 14.4 Å². The average molecular weight is 374 g/mol. The van der Waals surface area contributed by atoms with E-state index in [1.165, 1.54) is 0 Å². The number of carbonyl (C=O) groups is 3. The Balaban J connectivity index is -0.0000000655. The fourth-order valence-corrected chi connectivity index (χ4v) is 0. The summed E-state index contributed by atoms with van der Waals surface area (Å²) in [5, 5.41) is 22.0. The molecule has 0 rings (SSSR count). The van der Waals surface area contributed by atoms with Crippen molar-refractivity contribution in [2.24, 2.45) is 0 Å². The first-order chi connectivity index (χ1) is 6.81. The second kappa shape index (κ2) is 20.0. The molecule has 0 aliphatic carbocycles. The maximum absolute atomic E-state index is 10.5. The molecule has 94 valence electrons. The molecule has 0 aromatic rings. The molecule has 6 nitrogen and oxygen atoms in total. The van der Waals surface area contributed by atoms with Crippen LogP contribution in [0, 0.1) is 41.7 Å². The Morgan fingerprint density at radius 1 is 0.688 bits per heavy atom. The van der Waals surface area contributed by atoms with Crippen LogP contribution in [0.15, 0.2) is 0 Å². The average Bonchev–Trinajstić information content (AvgIpc) is 2.19. The van der Waals surface area contributed by atoms with E-state index in [1.807, 2.05) is 0 Å². The molecule has 0 spiro atoms. The molecule has 0 heterocycles. The molecular weight excluding hydrogens is 365 g/mol. The fourth-order valence-electron chi connectivity index (χ4n) is 0. The topological polar surface area (TPSA) is 112 Å². The number of carboxylic acid groups (broad SMARTS) is 3. The third-order valence-corrected chi connectivity index (χ3v) is 0.343. The van der Waals surface area contributed by atoms with Gasteiger partial charge in [-0.25, -0.2) is 27.6 Å². The van der Waals surface area contributed by atoms with E-state index < -0.39 is 37.9 Å². The summed E-state index contributed by atoms with van der Waals surface area (Å²) in [5.41, 5.74) is 0. The molecule has 3 N–H and O–H groups in total. The predicted octanol–water partition coefficient (Wildman–Crippen LogP) is 0.121. The van der Waals surface area contributed by atoms with Gasteiger partial charge >= 0.3 is 17.9 Å². The van der Waals surface area contributed by atoms with Crippen LogP contribution in [0.2, 0.25) is 0 Å². The minimum absolute atomic E-state index is 0. The van der Waals surface area contributed by atoms with Crippen molar-refractivity contribution >= 4 is 17.9 Å². The van der Waals surface area contributed by atoms with Crippen LogP contribution in [0.25, 0.3) is 0 Å². The zero-order chi connectivity index (χ0) is 12.9. The van der Waals surface area contributed by atoms with Gasteiger partial charge in [0, 0.05) is 41.7 Å². The minimum atomic E-state index is -1.41. The number of hydrogen-bond donors (Lipinski definition) is 3. The quantitative estimate of drug-likeness (QED) is 0.647. The van der Waals surface area contributed by atoms with E-state index >= 15 is 0 Å². The summed E-state index contributed by atoms with van der Waals surface area (Å²) >= 11 is 0.